The Morgan fingerprint density at radius 3 is 2.40 bits per heavy atom. The second-order valence-corrected chi connectivity index (χ2v) is 8.90. The molecular formula is C20H22N2O7S. The van der Waals surface area contributed by atoms with E-state index < -0.39 is 32.4 Å². The molecule has 9 nitrogen and oxygen atoms in total. The SMILES string of the molecule is COc1cc(C(=O)N2CCCC2CS(=O)(=O)c2ccccc2)c([N+](=O)[O-])cc1OC. The highest BCUT2D eigenvalue weighted by atomic mass is 32.2. The zero-order valence-electron chi connectivity index (χ0n) is 16.6. The van der Waals surface area contributed by atoms with Crippen molar-refractivity contribution in [1.82, 2.24) is 4.90 Å². The van der Waals surface area contributed by atoms with Gasteiger partial charge in [0.05, 0.1) is 35.9 Å². The third-order valence-corrected chi connectivity index (χ3v) is 6.90. The predicted molar refractivity (Wildman–Crippen MR) is 109 cm³/mol. The Hall–Kier alpha value is -3.14. The van der Waals surface area contributed by atoms with E-state index in [1.165, 1.54) is 37.3 Å². The van der Waals surface area contributed by atoms with Gasteiger partial charge in [-0.25, -0.2) is 8.42 Å². The molecule has 1 amide bonds. The van der Waals surface area contributed by atoms with E-state index in [0.717, 1.165) is 6.07 Å². The van der Waals surface area contributed by atoms with Gasteiger partial charge in [0.2, 0.25) is 0 Å². The lowest BCUT2D eigenvalue weighted by Crippen LogP contribution is -2.40. The molecule has 0 saturated carbocycles. The van der Waals surface area contributed by atoms with Crippen molar-refractivity contribution >= 4 is 21.4 Å². The Morgan fingerprint density at radius 2 is 1.80 bits per heavy atom. The normalized spacial score (nSPS) is 16.3. The van der Waals surface area contributed by atoms with Crippen molar-refractivity contribution in [2.24, 2.45) is 0 Å². The zero-order chi connectivity index (χ0) is 21.9. The zero-order valence-corrected chi connectivity index (χ0v) is 17.4. The highest BCUT2D eigenvalue weighted by molar-refractivity contribution is 7.91. The maximum Gasteiger partial charge on any atom is 0.286 e. The van der Waals surface area contributed by atoms with Crippen LogP contribution < -0.4 is 9.47 Å². The minimum atomic E-state index is -3.61. The summed E-state index contributed by atoms with van der Waals surface area (Å²) in [5.41, 5.74) is -0.587. The average molecular weight is 434 g/mol. The smallest absolute Gasteiger partial charge is 0.286 e. The lowest BCUT2D eigenvalue weighted by molar-refractivity contribution is -0.385. The van der Waals surface area contributed by atoms with E-state index in [1.54, 1.807) is 18.2 Å². The number of sulfone groups is 1. The van der Waals surface area contributed by atoms with Crippen molar-refractivity contribution in [2.75, 3.05) is 26.5 Å². The van der Waals surface area contributed by atoms with Crippen LogP contribution in [-0.4, -0.2) is 56.7 Å². The molecule has 1 unspecified atom stereocenters. The van der Waals surface area contributed by atoms with Crippen LogP contribution in [0, 0.1) is 10.1 Å². The molecule has 1 atom stereocenters. The summed E-state index contributed by atoms with van der Waals surface area (Å²) in [5, 5.41) is 11.5. The first-order valence-electron chi connectivity index (χ1n) is 9.27. The van der Waals surface area contributed by atoms with Crippen molar-refractivity contribution in [1.29, 1.82) is 0 Å². The second-order valence-electron chi connectivity index (χ2n) is 6.87. The summed E-state index contributed by atoms with van der Waals surface area (Å²) < 4.78 is 35.8. The van der Waals surface area contributed by atoms with Gasteiger partial charge >= 0.3 is 0 Å². The van der Waals surface area contributed by atoms with Gasteiger partial charge < -0.3 is 14.4 Å². The fourth-order valence-electron chi connectivity index (χ4n) is 3.60. The number of amides is 1. The summed E-state index contributed by atoms with van der Waals surface area (Å²) in [5.74, 6) is -0.540. The van der Waals surface area contributed by atoms with E-state index in [0.29, 0.717) is 19.4 Å². The van der Waals surface area contributed by atoms with Crippen molar-refractivity contribution in [3.05, 3.63) is 58.1 Å². The number of carbonyl (C=O) groups excluding carboxylic acids is 1. The molecule has 0 bridgehead atoms. The molecule has 0 N–H and O–H groups in total. The van der Waals surface area contributed by atoms with Crippen LogP contribution in [0.2, 0.25) is 0 Å². The Morgan fingerprint density at radius 1 is 1.17 bits per heavy atom. The Balaban J connectivity index is 1.93. The number of carbonyl (C=O) groups is 1. The maximum atomic E-state index is 13.2. The molecule has 0 radical (unpaired) electrons. The standard InChI is InChI=1S/C20H22N2O7S/c1-28-18-11-16(17(22(24)25)12-19(18)29-2)20(23)21-10-6-7-14(21)13-30(26,27)15-8-4-3-5-9-15/h3-5,8-9,11-12,14H,6-7,10,13H2,1-2H3. The molecule has 2 aromatic rings. The number of methoxy groups -OCH3 is 2. The van der Waals surface area contributed by atoms with Gasteiger partial charge in [0.15, 0.2) is 21.3 Å². The topological polar surface area (TPSA) is 116 Å². The molecule has 0 spiro atoms. The molecule has 160 valence electrons. The van der Waals surface area contributed by atoms with E-state index in [2.05, 4.69) is 0 Å². The predicted octanol–water partition coefficient (Wildman–Crippen LogP) is 2.69. The van der Waals surface area contributed by atoms with Gasteiger partial charge in [0.1, 0.15) is 5.56 Å². The lowest BCUT2D eigenvalue weighted by atomic mass is 10.1. The molecule has 2 aromatic carbocycles. The van der Waals surface area contributed by atoms with Gasteiger partial charge in [-0.15, -0.1) is 0 Å². The van der Waals surface area contributed by atoms with Crippen LogP contribution in [-0.2, 0) is 9.84 Å². The molecule has 1 saturated heterocycles. The summed E-state index contributed by atoms with van der Waals surface area (Å²) in [6, 6.07) is 9.84. The van der Waals surface area contributed by atoms with Crippen LogP contribution in [0.5, 0.6) is 11.5 Å². The highest BCUT2D eigenvalue weighted by Gasteiger charge is 2.36. The first kappa shape index (κ1) is 21.6. The summed E-state index contributed by atoms with van der Waals surface area (Å²) in [4.78, 5) is 25.7. The van der Waals surface area contributed by atoms with E-state index in [4.69, 9.17) is 9.47 Å². The van der Waals surface area contributed by atoms with Crippen LogP contribution in [0.1, 0.15) is 23.2 Å². The van der Waals surface area contributed by atoms with Crippen molar-refractivity contribution < 1.29 is 27.6 Å². The van der Waals surface area contributed by atoms with Crippen LogP contribution in [0.25, 0.3) is 0 Å². The minimum Gasteiger partial charge on any atom is -0.493 e. The monoisotopic (exact) mass is 434 g/mol. The third kappa shape index (κ3) is 4.23. The number of rotatable bonds is 7. The average Bonchev–Trinajstić information content (AvgIpc) is 3.20. The molecule has 30 heavy (non-hydrogen) atoms. The molecule has 0 aliphatic carbocycles. The van der Waals surface area contributed by atoms with Gasteiger partial charge in [-0.3, -0.25) is 14.9 Å². The number of likely N-dealkylation sites (tertiary alicyclic amines) is 1. The Bertz CT molecular complexity index is 1050. The van der Waals surface area contributed by atoms with Gasteiger partial charge in [-0.2, -0.15) is 0 Å². The van der Waals surface area contributed by atoms with E-state index >= 15 is 0 Å². The number of ether oxygens (including phenoxy) is 2. The van der Waals surface area contributed by atoms with E-state index in [9.17, 15) is 23.3 Å². The number of nitro benzene ring substituents is 1. The van der Waals surface area contributed by atoms with Gasteiger partial charge in [-0.05, 0) is 25.0 Å². The summed E-state index contributed by atoms with van der Waals surface area (Å²) in [6.07, 6.45) is 1.11. The van der Waals surface area contributed by atoms with Gasteiger partial charge in [0, 0.05) is 18.7 Å². The third-order valence-electron chi connectivity index (χ3n) is 5.08. The van der Waals surface area contributed by atoms with Crippen molar-refractivity contribution in [3.63, 3.8) is 0 Å². The molecular weight excluding hydrogens is 412 g/mol. The Labute approximate surface area is 174 Å². The van der Waals surface area contributed by atoms with Crippen molar-refractivity contribution in [2.45, 2.75) is 23.8 Å². The minimum absolute atomic E-state index is 0.130. The first-order chi connectivity index (χ1) is 14.3. The molecule has 1 aliphatic rings. The van der Waals surface area contributed by atoms with E-state index in [1.807, 2.05) is 0 Å². The second kappa shape index (κ2) is 8.70. The number of nitro groups is 1. The molecule has 10 heteroatoms. The summed E-state index contributed by atoms with van der Waals surface area (Å²) in [6.45, 7) is 0.319. The van der Waals surface area contributed by atoms with Crippen molar-refractivity contribution in [3.8, 4) is 11.5 Å². The quantitative estimate of drug-likeness (QED) is 0.486. The number of hydrogen-bond acceptors (Lipinski definition) is 7. The van der Waals surface area contributed by atoms with Crippen LogP contribution in [0.3, 0.4) is 0 Å². The van der Waals surface area contributed by atoms with Crippen LogP contribution >= 0.6 is 0 Å². The number of benzene rings is 2. The Kier molecular flexibility index (Phi) is 6.25. The van der Waals surface area contributed by atoms with Gasteiger partial charge in [-0.1, -0.05) is 18.2 Å². The molecule has 3 rings (SSSR count). The maximum absolute atomic E-state index is 13.2. The first-order valence-corrected chi connectivity index (χ1v) is 10.9. The molecule has 1 fully saturated rings. The fourth-order valence-corrected chi connectivity index (χ4v) is 5.22. The lowest BCUT2D eigenvalue weighted by Gasteiger charge is -2.25. The van der Waals surface area contributed by atoms with Crippen LogP contribution in [0.15, 0.2) is 47.4 Å². The number of hydrogen-bond donors (Lipinski definition) is 0. The molecule has 1 aliphatic heterocycles. The van der Waals surface area contributed by atoms with Crippen LogP contribution in [0.4, 0.5) is 5.69 Å². The van der Waals surface area contributed by atoms with Gasteiger partial charge in [0.25, 0.3) is 11.6 Å². The highest BCUT2D eigenvalue weighted by Crippen LogP contribution is 2.36. The largest absolute Gasteiger partial charge is 0.493 e. The molecule has 0 aromatic heterocycles. The summed E-state index contributed by atoms with van der Waals surface area (Å²) >= 11 is 0. The number of nitrogens with zero attached hydrogens (tertiary/aromatic N) is 2. The van der Waals surface area contributed by atoms with E-state index in [-0.39, 0.29) is 27.7 Å². The summed E-state index contributed by atoms with van der Waals surface area (Å²) in [7, 11) is -0.909. The molecule has 1 heterocycles. The fraction of sp³-hybridized carbons (Fsp3) is 0.350.